The molecule has 2 heterocycles. The van der Waals surface area contributed by atoms with Gasteiger partial charge in [-0.2, -0.15) is 0 Å². The molecule has 6 heteroatoms. The monoisotopic (exact) mass is 442 g/mol. The molecule has 1 aliphatic carbocycles. The second kappa shape index (κ2) is 9.31. The molecule has 0 unspecified atom stereocenters. The maximum Gasteiger partial charge on any atom is 0.266 e. The summed E-state index contributed by atoms with van der Waals surface area (Å²) in [5.74, 6) is 0.330. The molecule has 1 aliphatic rings. The molecule has 1 atom stereocenters. The van der Waals surface area contributed by atoms with Crippen LogP contribution in [0.2, 0.25) is 0 Å². The number of carbonyl (C=O) groups is 2. The summed E-state index contributed by atoms with van der Waals surface area (Å²) < 4.78 is 0. The minimum atomic E-state index is -0.163. The van der Waals surface area contributed by atoms with Gasteiger partial charge >= 0.3 is 0 Å². The number of anilines is 1. The van der Waals surface area contributed by atoms with Crippen LogP contribution in [-0.4, -0.2) is 29.8 Å². The molecule has 1 N–H and O–H groups in total. The van der Waals surface area contributed by atoms with Crippen molar-refractivity contribution in [2.24, 2.45) is 11.3 Å². The predicted molar refractivity (Wildman–Crippen MR) is 128 cm³/mol. The van der Waals surface area contributed by atoms with Gasteiger partial charge in [-0.15, -0.1) is 35.8 Å². The van der Waals surface area contributed by atoms with Gasteiger partial charge in [0.2, 0.25) is 0 Å². The Morgan fingerprint density at radius 1 is 1.27 bits per heavy atom. The first kappa shape index (κ1) is 22.5. The Morgan fingerprint density at radius 3 is 2.53 bits per heavy atom. The fraction of sp³-hybridized carbons (Fsp3) is 0.417. The maximum absolute atomic E-state index is 13.5. The minimum Gasteiger partial charge on any atom is -0.331 e. The van der Waals surface area contributed by atoms with Crippen molar-refractivity contribution in [1.82, 2.24) is 4.90 Å². The first-order chi connectivity index (χ1) is 14.3. The van der Waals surface area contributed by atoms with Crippen molar-refractivity contribution >= 4 is 39.5 Å². The van der Waals surface area contributed by atoms with Crippen molar-refractivity contribution in [2.75, 3.05) is 18.4 Å². The molecule has 0 saturated carbocycles. The molecule has 2 aromatic rings. The Morgan fingerprint density at radius 2 is 1.97 bits per heavy atom. The van der Waals surface area contributed by atoms with E-state index in [1.807, 2.05) is 11.4 Å². The summed E-state index contributed by atoms with van der Waals surface area (Å²) in [5.41, 5.74) is 1.96. The van der Waals surface area contributed by atoms with Gasteiger partial charge in [-0.05, 0) is 47.6 Å². The van der Waals surface area contributed by atoms with E-state index in [0.717, 1.165) is 24.8 Å². The molecule has 0 spiro atoms. The number of hydrogen-bond acceptors (Lipinski definition) is 4. The zero-order valence-corrected chi connectivity index (χ0v) is 19.6. The number of carbonyl (C=O) groups excluding carboxylic acids is 2. The fourth-order valence-electron chi connectivity index (χ4n) is 3.92. The van der Waals surface area contributed by atoms with Crippen LogP contribution in [0.5, 0.6) is 0 Å². The molecule has 3 rings (SSSR count). The summed E-state index contributed by atoms with van der Waals surface area (Å²) in [5, 5.41) is 5.58. The second-order valence-corrected chi connectivity index (χ2v) is 10.8. The van der Waals surface area contributed by atoms with Crippen LogP contribution in [0.1, 0.15) is 57.7 Å². The Kier molecular flexibility index (Phi) is 6.98. The summed E-state index contributed by atoms with van der Waals surface area (Å²) >= 11 is 2.96. The highest BCUT2D eigenvalue weighted by molar-refractivity contribution is 7.17. The third-order valence-electron chi connectivity index (χ3n) is 5.66. The molecular weight excluding hydrogens is 412 g/mol. The van der Waals surface area contributed by atoms with E-state index >= 15 is 0 Å². The molecule has 2 aromatic heterocycles. The van der Waals surface area contributed by atoms with Gasteiger partial charge in [0.15, 0.2) is 0 Å². The van der Waals surface area contributed by atoms with Gasteiger partial charge in [-0.3, -0.25) is 9.59 Å². The van der Waals surface area contributed by atoms with Gasteiger partial charge in [-0.1, -0.05) is 39.0 Å². The Hall–Kier alpha value is -2.18. The van der Waals surface area contributed by atoms with Gasteiger partial charge in [0.25, 0.3) is 11.8 Å². The smallest absolute Gasteiger partial charge is 0.266 e. The van der Waals surface area contributed by atoms with Crippen molar-refractivity contribution in [3.8, 4) is 0 Å². The summed E-state index contributed by atoms with van der Waals surface area (Å²) in [7, 11) is 0. The van der Waals surface area contributed by atoms with E-state index in [-0.39, 0.29) is 17.2 Å². The van der Waals surface area contributed by atoms with Crippen molar-refractivity contribution < 1.29 is 9.59 Å². The Balaban J connectivity index is 2.01. The van der Waals surface area contributed by atoms with Crippen LogP contribution in [0.15, 0.2) is 42.8 Å². The van der Waals surface area contributed by atoms with Crippen molar-refractivity contribution in [3.63, 3.8) is 0 Å². The van der Waals surface area contributed by atoms with Gasteiger partial charge in [-0.25, -0.2) is 0 Å². The first-order valence-electron chi connectivity index (χ1n) is 10.3. The molecule has 2 amide bonds. The van der Waals surface area contributed by atoms with Crippen LogP contribution < -0.4 is 5.32 Å². The number of rotatable bonds is 7. The summed E-state index contributed by atoms with van der Waals surface area (Å²) in [4.78, 5) is 29.9. The van der Waals surface area contributed by atoms with E-state index in [0.29, 0.717) is 34.4 Å². The highest BCUT2D eigenvalue weighted by atomic mass is 32.1. The van der Waals surface area contributed by atoms with E-state index in [9.17, 15) is 9.59 Å². The van der Waals surface area contributed by atoms with E-state index in [2.05, 4.69) is 39.2 Å². The van der Waals surface area contributed by atoms with Crippen molar-refractivity contribution in [1.29, 1.82) is 0 Å². The minimum absolute atomic E-state index is 0.0667. The largest absolute Gasteiger partial charge is 0.331 e. The quantitative estimate of drug-likeness (QED) is 0.533. The summed E-state index contributed by atoms with van der Waals surface area (Å²) in [6.45, 7) is 15.3. The summed E-state index contributed by atoms with van der Waals surface area (Å²) in [6.07, 6.45) is 6.30. The van der Waals surface area contributed by atoms with Crippen LogP contribution >= 0.6 is 22.7 Å². The SMILES string of the molecule is C=CCN(CC=C)C(=O)c1c(NC(=O)c2cccs2)sc2c1CC[C@H](C(C)(C)C)C2. The topological polar surface area (TPSA) is 49.4 Å². The van der Waals surface area contributed by atoms with E-state index in [1.165, 1.54) is 16.2 Å². The number of hydrogen-bond donors (Lipinski definition) is 1. The lowest BCUT2D eigenvalue weighted by molar-refractivity contribution is 0.0790. The molecule has 30 heavy (non-hydrogen) atoms. The average molecular weight is 443 g/mol. The number of thiophene rings is 2. The fourth-order valence-corrected chi connectivity index (χ4v) is 5.86. The van der Waals surface area contributed by atoms with Gasteiger partial charge < -0.3 is 10.2 Å². The van der Waals surface area contributed by atoms with Gasteiger partial charge in [0.1, 0.15) is 5.00 Å². The molecule has 0 saturated heterocycles. The highest BCUT2D eigenvalue weighted by Gasteiger charge is 2.35. The Labute approximate surface area is 187 Å². The molecule has 0 radical (unpaired) electrons. The highest BCUT2D eigenvalue weighted by Crippen LogP contribution is 2.44. The molecule has 4 nitrogen and oxygen atoms in total. The Bertz CT molecular complexity index is 925. The van der Waals surface area contributed by atoms with Crippen LogP contribution in [0.25, 0.3) is 0 Å². The number of nitrogens with one attached hydrogen (secondary N) is 1. The maximum atomic E-state index is 13.5. The molecule has 0 bridgehead atoms. The van der Waals surface area contributed by atoms with E-state index in [1.54, 1.807) is 34.5 Å². The van der Waals surface area contributed by atoms with E-state index < -0.39 is 0 Å². The molecule has 0 aliphatic heterocycles. The molecule has 0 fully saturated rings. The normalized spacial score (nSPS) is 15.9. The zero-order valence-electron chi connectivity index (χ0n) is 18.0. The lowest BCUT2D eigenvalue weighted by Gasteiger charge is -2.34. The third kappa shape index (κ3) is 4.76. The average Bonchev–Trinajstić information content (AvgIpc) is 3.34. The third-order valence-corrected chi connectivity index (χ3v) is 7.70. The molecular formula is C24H30N2O2S2. The molecule has 0 aromatic carbocycles. The molecule has 160 valence electrons. The van der Waals surface area contributed by atoms with Crippen LogP contribution in [0, 0.1) is 11.3 Å². The number of nitrogens with zero attached hydrogens (tertiary/aromatic N) is 1. The van der Waals surface area contributed by atoms with Gasteiger partial charge in [0.05, 0.1) is 10.4 Å². The van der Waals surface area contributed by atoms with E-state index in [4.69, 9.17) is 0 Å². The first-order valence-corrected chi connectivity index (χ1v) is 12.0. The van der Waals surface area contributed by atoms with Gasteiger partial charge in [0, 0.05) is 18.0 Å². The lowest BCUT2D eigenvalue weighted by atomic mass is 9.72. The second-order valence-electron chi connectivity index (χ2n) is 8.73. The number of fused-ring (bicyclic) bond motifs is 1. The predicted octanol–water partition coefficient (Wildman–Crippen LogP) is 6.03. The van der Waals surface area contributed by atoms with Crippen molar-refractivity contribution in [2.45, 2.75) is 40.0 Å². The van der Waals surface area contributed by atoms with Crippen molar-refractivity contribution in [3.05, 3.63) is 63.7 Å². The van der Waals surface area contributed by atoms with Crippen LogP contribution in [-0.2, 0) is 12.8 Å². The summed E-state index contributed by atoms with van der Waals surface area (Å²) in [6, 6.07) is 3.65. The van der Waals surface area contributed by atoms with Crippen LogP contribution in [0.3, 0.4) is 0 Å². The zero-order chi connectivity index (χ0) is 21.9. The number of amides is 2. The standard InChI is InChI=1S/C24H30N2O2S2/c1-6-12-26(13-7-2)23(28)20-17-11-10-16(24(3,4)5)15-19(17)30-22(20)25-21(27)18-9-8-14-29-18/h6-9,14,16H,1-2,10-13,15H2,3-5H3,(H,25,27)/t16-/m0/s1. The lowest BCUT2D eigenvalue weighted by Crippen LogP contribution is -2.33. The van der Waals surface area contributed by atoms with Crippen LogP contribution in [0.4, 0.5) is 5.00 Å².